The number of nitrogens with two attached hydrogens (primary N) is 1. The van der Waals surface area contributed by atoms with Crippen molar-refractivity contribution in [2.24, 2.45) is 5.73 Å². The summed E-state index contributed by atoms with van der Waals surface area (Å²) in [6.07, 6.45) is 0. The fraction of sp³-hybridized carbons (Fsp3) is 0.333. The molecule has 1 aromatic rings. The molecule has 0 saturated carbocycles. The van der Waals surface area contributed by atoms with Gasteiger partial charge < -0.3 is 15.9 Å². The number of rotatable bonds is 3. The molecule has 0 fully saturated rings. The van der Waals surface area contributed by atoms with Gasteiger partial charge in [0.05, 0.1) is 18.0 Å². The van der Waals surface area contributed by atoms with Crippen LogP contribution in [0.25, 0.3) is 0 Å². The van der Waals surface area contributed by atoms with Gasteiger partial charge in [0, 0.05) is 0 Å². The molecule has 1 heterocycles. The van der Waals surface area contributed by atoms with Gasteiger partial charge in [-0.15, -0.1) is 0 Å². The number of carbonyl (C=O) groups is 1. The molecule has 0 spiro atoms. The molecule has 1 atom stereocenters. The predicted molar refractivity (Wildman–Crippen MR) is 49.3 cm³/mol. The normalized spacial score (nSPS) is 14.8. The second kappa shape index (κ2) is 3.73. The van der Waals surface area contributed by atoms with Crippen molar-refractivity contribution < 1.29 is 15.0 Å². The number of carboxylic acids is 1. The Bertz CT molecular complexity index is 350. The van der Waals surface area contributed by atoms with Crippen LogP contribution in [-0.2, 0) is 16.9 Å². The number of aliphatic hydroxyl groups excluding tert-OH is 1. The summed E-state index contributed by atoms with van der Waals surface area (Å²) in [6, 6.07) is 4.73. The number of pyridine rings is 1. The highest BCUT2D eigenvalue weighted by Gasteiger charge is 2.31. The maximum atomic E-state index is 10.8. The van der Waals surface area contributed by atoms with Crippen LogP contribution in [0.15, 0.2) is 18.2 Å². The van der Waals surface area contributed by atoms with E-state index < -0.39 is 11.5 Å². The molecule has 0 aromatic carbocycles. The third-order valence-corrected chi connectivity index (χ3v) is 1.95. The van der Waals surface area contributed by atoms with Crippen molar-refractivity contribution in [2.45, 2.75) is 19.1 Å². The van der Waals surface area contributed by atoms with Crippen molar-refractivity contribution in [3.05, 3.63) is 29.6 Å². The third-order valence-electron chi connectivity index (χ3n) is 1.95. The molecule has 0 bridgehead atoms. The second-order valence-corrected chi connectivity index (χ2v) is 3.18. The zero-order valence-corrected chi connectivity index (χ0v) is 7.77. The summed E-state index contributed by atoms with van der Waals surface area (Å²) >= 11 is 0. The molecule has 0 radical (unpaired) electrons. The van der Waals surface area contributed by atoms with Crippen molar-refractivity contribution in [2.75, 3.05) is 0 Å². The third kappa shape index (κ3) is 1.89. The van der Waals surface area contributed by atoms with Gasteiger partial charge in [-0.05, 0) is 19.1 Å². The second-order valence-electron chi connectivity index (χ2n) is 3.18. The van der Waals surface area contributed by atoms with Crippen LogP contribution >= 0.6 is 0 Å². The number of hydrogen-bond donors (Lipinski definition) is 3. The molecule has 5 heteroatoms. The van der Waals surface area contributed by atoms with E-state index in [1.54, 1.807) is 12.1 Å². The van der Waals surface area contributed by atoms with E-state index in [4.69, 9.17) is 15.9 Å². The molecule has 0 aliphatic rings. The summed E-state index contributed by atoms with van der Waals surface area (Å²) in [5.41, 5.74) is 4.67. The van der Waals surface area contributed by atoms with Crippen LogP contribution in [0.2, 0.25) is 0 Å². The van der Waals surface area contributed by atoms with Gasteiger partial charge in [-0.1, -0.05) is 6.07 Å². The molecule has 76 valence electrons. The van der Waals surface area contributed by atoms with Gasteiger partial charge in [-0.25, -0.2) is 4.79 Å². The summed E-state index contributed by atoms with van der Waals surface area (Å²) in [4.78, 5) is 14.7. The van der Waals surface area contributed by atoms with Gasteiger partial charge in [0.2, 0.25) is 0 Å². The first-order valence-electron chi connectivity index (χ1n) is 4.08. The van der Waals surface area contributed by atoms with Crippen molar-refractivity contribution in [3.8, 4) is 0 Å². The molecule has 0 aliphatic carbocycles. The quantitative estimate of drug-likeness (QED) is 0.623. The average molecular weight is 196 g/mol. The first-order valence-corrected chi connectivity index (χ1v) is 4.08. The zero-order valence-electron chi connectivity index (χ0n) is 7.77. The highest BCUT2D eigenvalue weighted by atomic mass is 16.4. The Kier molecular flexibility index (Phi) is 2.83. The summed E-state index contributed by atoms with van der Waals surface area (Å²) in [7, 11) is 0. The molecular weight excluding hydrogens is 184 g/mol. The number of nitrogens with zero attached hydrogens (tertiary/aromatic N) is 1. The molecule has 1 rings (SSSR count). The summed E-state index contributed by atoms with van der Waals surface area (Å²) in [5, 5.41) is 17.6. The van der Waals surface area contributed by atoms with Crippen molar-refractivity contribution in [1.82, 2.24) is 4.98 Å². The minimum atomic E-state index is -1.52. The molecular formula is C9H12N2O3. The average Bonchev–Trinajstić information content (AvgIpc) is 2.17. The lowest BCUT2D eigenvalue weighted by Crippen LogP contribution is -2.42. The molecule has 4 N–H and O–H groups in total. The SMILES string of the molecule is CC(N)(C(=O)O)c1cccc(CO)n1. The molecule has 0 saturated heterocycles. The van der Waals surface area contributed by atoms with Crippen molar-refractivity contribution >= 4 is 5.97 Å². The standard InChI is InChI=1S/C9H12N2O3/c1-9(10,8(13)14)7-4-2-3-6(5-12)11-7/h2-4,12H,5,10H2,1H3,(H,13,14). The number of aliphatic hydroxyl groups is 1. The van der Waals surface area contributed by atoms with Gasteiger partial charge in [0.25, 0.3) is 0 Å². The van der Waals surface area contributed by atoms with E-state index in [0.29, 0.717) is 5.69 Å². The Morgan fingerprint density at radius 3 is 2.79 bits per heavy atom. The Morgan fingerprint density at radius 2 is 2.29 bits per heavy atom. The van der Waals surface area contributed by atoms with Crippen LogP contribution in [0.4, 0.5) is 0 Å². The van der Waals surface area contributed by atoms with Gasteiger partial charge in [0.1, 0.15) is 0 Å². The number of aliphatic carboxylic acids is 1. The molecule has 5 nitrogen and oxygen atoms in total. The molecule has 14 heavy (non-hydrogen) atoms. The van der Waals surface area contributed by atoms with E-state index in [9.17, 15) is 4.79 Å². The Morgan fingerprint density at radius 1 is 1.64 bits per heavy atom. The van der Waals surface area contributed by atoms with E-state index in [0.717, 1.165) is 0 Å². The van der Waals surface area contributed by atoms with Gasteiger partial charge in [-0.3, -0.25) is 4.98 Å². The van der Waals surface area contributed by atoms with Crippen LogP contribution in [0.3, 0.4) is 0 Å². The molecule has 1 aromatic heterocycles. The number of carboxylic acid groups (broad SMARTS) is 1. The molecule has 1 unspecified atom stereocenters. The minimum Gasteiger partial charge on any atom is -0.480 e. The van der Waals surface area contributed by atoms with Crippen molar-refractivity contribution in [3.63, 3.8) is 0 Å². The lowest BCUT2D eigenvalue weighted by molar-refractivity contribution is -0.143. The fourth-order valence-electron chi connectivity index (χ4n) is 0.966. The predicted octanol–water partition coefficient (Wildman–Crippen LogP) is -0.168. The smallest absolute Gasteiger partial charge is 0.329 e. The van der Waals surface area contributed by atoms with E-state index in [1.807, 2.05) is 0 Å². The van der Waals surface area contributed by atoms with Gasteiger partial charge in [0.15, 0.2) is 5.54 Å². The fourth-order valence-corrected chi connectivity index (χ4v) is 0.966. The first-order chi connectivity index (χ1) is 6.48. The Labute approximate surface area is 81.2 Å². The summed E-state index contributed by atoms with van der Waals surface area (Å²) in [6.45, 7) is 1.13. The molecule has 0 amide bonds. The van der Waals surface area contributed by atoms with Gasteiger partial charge in [-0.2, -0.15) is 0 Å². The highest BCUT2D eigenvalue weighted by molar-refractivity contribution is 5.79. The maximum Gasteiger partial charge on any atom is 0.329 e. The maximum absolute atomic E-state index is 10.8. The first kappa shape index (κ1) is 10.6. The monoisotopic (exact) mass is 196 g/mol. The van der Waals surface area contributed by atoms with E-state index in [2.05, 4.69) is 4.98 Å². The zero-order chi connectivity index (χ0) is 10.8. The van der Waals surface area contributed by atoms with Crippen LogP contribution in [-0.4, -0.2) is 21.2 Å². The summed E-state index contributed by atoms with van der Waals surface area (Å²) in [5.74, 6) is -1.15. The highest BCUT2D eigenvalue weighted by Crippen LogP contribution is 2.15. The van der Waals surface area contributed by atoms with Crippen LogP contribution in [0, 0.1) is 0 Å². The lowest BCUT2D eigenvalue weighted by Gasteiger charge is -2.18. The van der Waals surface area contributed by atoms with Crippen LogP contribution in [0.1, 0.15) is 18.3 Å². The van der Waals surface area contributed by atoms with Crippen molar-refractivity contribution in [1.29, 1.82) is 0 Å². The van der Waals surface area contributed by atoms with E-state index >= 15 is 0 Å². The van der Waals surface area contributed by atoms with Gasteiger partial charge >= 0.3 is 5.97 Å². The van der Waals surface area contributed by atoms with Crippen LogP contribution < -0.4 is 5.73 Å². The van der Waals surface area contributed by atoms with Crippen LogP contribution in [0.5, 0.6) is 0 Å². The minimum absolute atomic E-state index is 0.233. The van der Waals surface area contributed by atoms with E-state index in [1.165, 1.54) is 13.0 Å². The molecule has 0 aliphatic heterocycles. The number of hydrogen-bond acceptors (Lipinski definition) is 4. The topological polar surface area (TPSA) is 96.4 Å². The lowest BCUT2D eigenvalue weighted by atomic mass is 9.99. The largest absolute Gasteiger partial charge is 0.480 e. The van der Waals surface area contributed by atoms with E-state index in [-0.39, 0.29) is 12.3 Å². The number of aromatic nitrogens is 1. The Hall–Kier alpha value is -1.46. The Balaban J connectivity index is 3.12. The summed E-state index contributed by atoms with van der Waals surface area (Å²) < 4.78 is 0.